The number of carbonyl (C=O) groups excluding carboxylic acids is 2. The van der Waals surface area contributed by atoms with Gasteiger partial charge in [0.25, 0.3) is 0 Å². The highest BCUT2D eigenvalue weighted by atomic mass is 16.2. The lowest BCUT2D eigenvalue weighted by Crippen LogP contribution is -2.34. The summed E-state index contributed by atoms with van der Waals surface area (Å²) in [5, 5.41) is 0.919. The number of rotatable bonds is 0. The largest absolute Gasteiger partial charge is 0.397 e. The van der Waals surface area contributed by atoms with Crippen LogP contribution >= 0.6 is 0 Å². The van der Waals surface area contributed by atoms with Crippen LogP contribution in [0.1, 0.15) is 0 Å². The predicted octanol–water partition coefficient (Wildman–Crippen LogP) is -1.64. The minimum Gasteiger partial charge on any atom is -0.397 e. The monoisotopic (exact) mass is 189 g/mol. The van der Waals surface area contributed by atoms with E-state index in [9.17, 15) is 9.59 Å². The number of hydrogen-bond acceptors (Lipinski definition) is 4. The van der Waals surface area contributed by atoms with Crippen LogP contribution in [0.25, 0.3) is 6.08 Å². The summed E-state index contributed by atoms with van der Waals surface area (Å²) < 4.78 is 0. The van der Waals surface area contributed by atoms with Crippen molar-refractivity contribution < 1.29 is 9.59 Å². The molecule has 4 N–H and O–H groups in total. The SMILES string of the molecule is Nc1cc2c(cc1N)=NC(=O)C(=O)C=2. The third-order valence-corrected chi connectivity index (χ3v) is 1.95. The second kappa shape index (κ2) is 2.66. The molecule has 0 saturated heterocycles. The first-order valence-corrected chi connectivity index (χ1v) is 3.91. The number of benzene rings is 1. The molecule has 1 amide bonds. The van der Waals surface area contributed by atoms with Gasteiger partial charge in [0.15, 0.2) is 0 Å². The Balaban J connectivity index is 2.87. The first kappa shape index (κ1) is 8.43. The maximum atomic E-state index is 11.0. The molecule has 0 fully saturated rings. The summed E-state index contributed by atoms with van der Waals surface area (Å²) >= 11 is 0. The molecular weight excluding hydrogens is 182 g/mol. The number of ketones is 1. The smallest absolute Gasteiger partial charge is 0.317 e. The van der Waals surface area contributed by atoms with Crippen molar-refractivity contribution in [2.24, 2.45) is 4.99 Å². The lowest BCUT2D eigenvalue weighted by molar-refractivity contribution is -0.132. The summed E-state index contributed by atoms with van der Waals surface area (Å²) in [4.78, 5) is 25.5. The Kier molecular flexibility index (Phi) is 1.60. The van der Waals surface area contributed by atoms with Crippen LogP contribution in [0.4, 0.5) is 11.4 Å². The molecule has 0 spiro atoms. The van der Waals surface area contributed by atoms with Crippen LogP contribution in [0.15, 0.2) is 17.1 Å². The van der Waals surface area contributed by atoms with Crippen molar-refractivity contribution in [2.45, 2.75) is 0 Å². The van der Waals surface area contributed by atoms with Gasteiger partial charge in [-0.25, -0.2) is 4.99 Å². The number of nitrogen functional groups attached to an aromatic ring is 2. The molecule has 1 aromatic rings. The van der Waals surface area contributed by atoms with E-state index in [4.69, 9.17) is 11.5 Å². The molecular formula is C9H7N3O2. The maximum absolute atomic E-state index is 11.0. The number of carbonyl (C=O) groups is 2. The Bertz CT molecular complexity index is 509. The zero-order valence-electron chi connectivity index (χ0n) is 7.15. The zero-order chi connectivity index (χ0) is 10.3. The highest BCUT2D eigenvalue weighted by molar-refractivity contribution is 6.48. The van der Waals surface area contributed by atoms with E-state index in [0.29, 0.717) is 22.0 Å². The van der Waals surface area contributed by atoms with E-state index in [1.165, 1.54) is 18.2 Å². The average Bonchev–Trinajstić information content (AvgIpc) is 2.11. The van der Waals surface area contributed by atoms with Gasteiger partial charge in [0.2, 0.25) is 5.78 Å². The van der Waals surface area contributed by atoms with Gasteiger partial charge >= 0.3 is 5.91 Å². The Morgan fingerprint density at radius 1 is 1.07 bits per heavy atom. The molecule has 0 radical (unpaired) electrons. The minimum absolute atomic E-state index is 0.350. The van der Waals surface area contributed by atoms with Crippen LogP contribution < -0.4 is 22.0 Å². The van der Waals surface area contributed by atoms with Crippen LogP contribution in [-0.4, -0.2) is 11.7 Å². The lowest BCUT2D eigenvalue weighted by atomic mass is 10.1. The molecule has 0 aliphatic carbocycles. The molecule has 0 saturated carbocycles. The van der Waals surface area contributed by atoms with E-state index in [1.54, 1.807) is 0 Å². The second-order valence-electron chi connectivity index (χ2n) is 2.97. The fourth-order valence-electron chi connectivity index (χ4n) is 1.22. The van der Waals surface area contributed by atoms with E-state index in [1.807, 2.05) is 0 Å². The summed E-state index contributed by atoms with van der Waals surface area (Å²) in [6.07, 6.45) is 1.21. The number of nitrogens with zero attached hydrogens (tertiary/aromatic N) is 1. The van der Waals surface area contributed by atoms with Gasteiger partial charge in [0.1, 0.15) is 0 Å². The fourth-order valence-corrected chi connectivity index (χ4v) is 1.22. The Hall–Kier alpha value is -2.17. The molecule has 1 aliphatic rings. The highest BCUT2D eigenvalue weighted by Crippen LogP contribution is 2.06. The van der Waals surface area contributed by atoms with Crippen LogP contribution in [0.3, 0.4) is 0 Å². The van der Waals surface area contributed by atoms with Crippen molar-refractivity contribution >= 4 is 29.1 Å². The average molecular weight is 189 g/mol. The second-order valence-corrected chi connectivity index (χ2v) is 2.97. The number of anilines is 2. The Labute approximate surface area is 78.7 Å². The lowest BCUT2D eigenvalue weighted by Gasteiger charge is -2.02. The fraction of sp³-hybridized carbons (Fsp3) is 0. The van der Waals surface area contributed by atoms with Gasteiger partial charge in [-0.3, -0.25) is 9.59 Å². The van der Waals surface area contributed by atoms with E-state index < -0.39 is 11.7 Å². The molecule has 0 aromatic heterocycles. The van der Waals surface area contributed by atoms with Crippen molar-refractivity contribution in [1.29, 1.82) is 0 Å². The summed E-state index contributed by atoms with van der Waals surface area (Å²) in [5.41, 5.74) is 11.8. The van der Waals surface area contributed by atoms with E-state index in [2.05, 4.69) is 4.99 Å². The third kappa shape index (κ3) is 1.15. The number of amides is 1. The maximum Gasteiger partial charge on any atom is 0.317 e. The molecule has 14 heavy (non-hydrogen) atoms. The van der Waals surface area contributed by atoms with Crippen LogP contribution in [0.5, 0.6) is 0 Å². The van der Waals surface area contributed by atoms with Gasteiger partial charge in [-0.15, -0.1) is 0 Å². The van der Waals surface area contributed by atoms with Gasteiger partial charge in [-0.05, 0) is 12.1 Å². The first-order chi connectivity index (χ1) is 6.58. The molecule has 1 heterocycles. The van der Waals surface area contributed by atoms with Crippen molar-refractivity contribution in [3.8, 4) is 0 Å². The standard InChI is InChI=1S/C9H7N3O2/c10-5-1-4-2-8(13)9(14)12-7(4)3-6(5)11/h1-3H,10-11H2. The molecule has 0 atom stereocenters. The number of fused-ring (bicyclic) bond motifs is 1. The summed E-state index contributed by atoms with van der Waals surface area (Å²) in [6, 6.07) is 3.00. The molecule has 70 valence electrons. The summed E-state index contributed by atoms with van der Waals surface area (Å²) in [5.74, 6) is -1.41. The quantitative estimate of drug-likeness (QED) is 0.377. The predicted molar refractivity (Wildman–Crippen MR) is 50.5 cm³/mol. The number of Topliss-reactive ketones (excluding diaryl/α,β-unsaturated/α-hetero) is 1. The van der Waals surface area contributed by atoms with E-state index >= 15 is 0 Å². The van der Waals surface area contributed by atoms with Crippen LogP contribution in [0.2, 0.25) is 0 Å². The van der Waals surface area contributed by atoms with Crippen molar-refractivity contribution in [2.75, 3.05) is 11.5 Å². The van der Waals surface area contributed by atoms with Crippen molar-refractivity contribution in [1.82, 2.24) is 0 Å². The van der Waals surface area contributed by atoms with Crippen molar-refractivity contribution in [3.63, 3.8) is 0 Å². The molecule has 0 unspecified atom stereocenters. The van der Waals surface area contributed by atoms with Gasteiger partial charge in [-0.2, -0.15) is 0 Å². The first-order valence-electron chi connectivity index (χ1n) is 3.91. The number of nitrogens with two attached hydrogens (primary N) is 2. The third-order valence-electron chi connectivity index (χ3n) is 1.95. The van der Waals surface area contributed by atoms with Crippen LogP contribution in [0, 0.1) is 0 Å². The minimum atomic E-state index is -0.776. The number of hydrogen-bond donors (Lipinski definition) is 2. The molecule has 5 heteroatoms. The van der Waals surface area contributed by atoms with E-state index in [0.717, 1.165) is 0 Å². The Morgan fingerprint density at radius 3 is 2.43 bits per heavy atom. The molecule has 5 nitrogen and oxygen atoms in total. The summed E-state index contributed by atoms with van der Waals surface area (Å²) in [7, 11) is 0. The van der Waals surface area contributed by atoms with Gasteiger partial charge < -0.3 is 11.5 Å². The van der Waals surface area contributed by atoms with Crippen LogP contribution in [-0.2, 0) is 9.59 Å². The molecule has 1 aliphatic heterocycles. The summed E-state index contributed by atoms with van der Waals surface area (Å²) in [6.45, 7) is 0. The molecule has 2 rings (SSSR count). The zero-order valence-corrected chi connectivity index (χ0v) is 7.15. The normalized spacial score (nSPS) is 14.3. The molecule has 0 bridgehead atoms. The van der Waals surface area contributed by atoms with Crippen molar-refractivity contribution in [3.05, 3.63) is 22.7 Å². The van der Waals surface area contributed by atoms with Gasteiger partial charge in [0.05, 0.1) is 16.7 Å². The Morgan fingerprint density at radius 2 is 1.71 bits per heavy atom. The highest BCUT2D eigenvalue weighted by Gasteiger charge is 2.13. The van der Waals surface area contributed by atoms with Gasteiger partial charge in [-0.1, -0.05) is 0 Å². The van der Waals surface area contributed by atoms with Gasteiger partial charge in [0, 0.05) is 11.3 Å². The van der Waals surface area contributed by atoms with E-state index in [-0.39, 0.29) is 0 Å². The molecule has 1 aromatic carbocycles. The topological polar surface area (TPSA) is 98.5 Å².